The van der Waals surface area contributed by atoms with Gasteiger partial charge >= 0.3 is 6.09 Å². The van der Waals surface area contributed by atoms with Crippen molar-refractivity contribution in [3.8, 4) is 0 Å². The highest BCUT2D eigenvalue weighted by Crippen LogP contribution is 2.39. The molecule has 1 atom stereocenters. The van der Waals surface area contributed by atoms with E-state index in [4.69, 9.17) is 4.74 Å². The molecule has 1 heterocycles. The highest BCUT2D eigenvalue weighted by atomic mass is 19.1. The van der Waals surface area contributed by atoms with Crippen molar-refractivity contribution in [1.82, 2.24) is 10.2 Å². The Labute approximate surface area is 157 Å². The van der Waals surface area contributed by atoms with Crippen LogP contribution in [-0.2, 0) is 4.74 Å². The molecule has 27 heavy (non-hydrogen) atoms. The number of rotatable bonds is 3. The molecule has 2 fully saturated rings. The summed E-state index contributed by atoms with van der Waals surface area (Å²) in [7, 11) is 0. The first-order chi connectivity index (χ1) is 12.6. The largest absolute Gasteiger partial charge is 0.444 e. The Bertz CT molecular complexity index is 784. The average Bonchev–Trinajstić information content (AvgIpc) is 3.29. The zero-order valence-electron chi connectivity index (χ0n) is 15.7. The molecule has 1 aromatic rings. The molecule has 8 heteroatoms. The third-order valence-electron chi connectivity index (χ3n) is 4.63. The summed E-state index contributed by atoms with van der Waals surface area (Å²) in [5.74, 6) is -0.651. The van der Waals surface area contributed by atoms with Gasteiger partial charge in [0.25, 0.3) is 5.69 Å². The average molecular weight is 377 g/mol. The molecular weight excluding hydrogens is 353 g/mol. The maximum Gasteiger partial charge on any atom is 0.410 e. The molecule has 1 spiro atoms. The summed E-state index contributed by atoms with van der Waals surface area (Å²) in [4.78, 5) is 24.6. The molecule has 0 aromatic heterocycles. The number of hydrogen-bond acceptors (Lipinski definition) is 5. The Balaban J connectivity index is 1.78. The van der Waals surface area contributed by atoms with Gasteiger partial charge in [0.15, 0.2) is 0 Å². The van der Waals surface area contributed by atoms with Gasteiger partial charge < -0.3 is 15.0 Å². The molecule has 3 rings (SSSR count). The molecule has 0 bridgehead atoms. The maximum atomic E-state index is 14.1. The molecule has 2 aliphatic rings. The number of piperazine rings is 1. The van der Waals surface area contributed by atoms with E-state index in [-0.39, 0.29) is 28.9 Å². The number of halogens is 1. The number of nitro groups is 1. The Hall–Kier alpha value is -2.48. The Morgan fingerprint density at radius 3 is 2.74 bits per heavy atom. The number of nitrogens with zero attached hydrogens (tertiary/aromatic N) is 2. The predicted molar refractivity (Wildman–Crippen MR) is 98.8 cm³/mol. The van der Waals surface area contributed by atoms with Crippen molar-refractivity contribution in [1.29, 1.82) is 0 Å². The van der Waals surface area contributed by atoms with E-state index in [2.05, 4.69) is 5.32 Å². The van der Waals surface area contributed by atoms with Gasteiger partial charge in [-0.3, -0.25) is 10.1 Å². The summed E-state index contributed by atoms with van der Waals surface area (Å²) in [6.45, 7) is 6.36. The van der Waals surface area contributed by atoms with Crippen LogP contribution in [0, 0.1) is 15.9 Å². The van der Waals surface area contributed by atoms with Crippen LogP contribution in [-0.4, -0.2) is 46.2 Å². The van der Waals surface area contributed by atoms with Crippen LogP contribution in [0.25, 0.3) is 6.08 Å². The van der Waals surface area contributed by atoms with Gasteiger partial charge in [0, 0.05) is 30.7 Å². The Kier molecular flexibility index (Phi) is 4.94. The smallest absolute Gasteiger partial charge is 0.410 e. The second-order valence-electron chi connectivity index (χ2n) is 8.18. The van der Waals surface area contributed by atoms with Crippen LogP contribution in [0.3, 0.4) is 0 Å². The van der Waals surface area contributed by atoms with E-state index in [1.165, 1.54) is 24.3 Å². The maximum absolute atomic E-state index is 14.1. The summed E-state index contributed by atoms with van der Waals surface area (Å²) in [5, 5.41) is 14.6. The minimum atomic E-state index is -0.651. The molecule has 1 aliphatic heterocycles. The monoisotopic (exact) mass is 377 g/mol. The zero-order valence-corrected chi connectivity index (χ0v) is 15.7. The van der Waals surface area contributed by atoms with Crippen LogP contribution in [0.15, 0.2) is 24.3 Å². The second-order valence-corrected chi connectivity index (χ2v) is 8.18. The van der Waals surface area contributed by atoms with Crippen molar-refractivity contribution in [2.24, 2.45) is 0 Å². The fourth-order valence-electron chi connectivity index (χ4n) is 3.24. The highest BCUT2D eigenvalue weighted by Gasteiger charge is 2.49. The fourth-order valence-corrected chi connectivity index (χ4v) is 3.24. The number of benzene rings is 1. The van der Waals surface area contributed by atoms with Gasteiger partial charge in [-0.15, -0.1) is 0 Å². The Morgan fingerprint density at radius 2 is 2.15 bits per heavy atom. The molecular formula is C19H24FN3O4. The van der Waals surface area contributed by atoms with Crippen molar-refractivity contribution in [3.63, 3.8) is 0 Å². The number of carbonyl (C=O) groups is 1. The molecule has 1 saturated heterocycles. The van der Waals surface area contributed by atoms with Gasteiger partial charge in [-0.2, -0.15) is 0 Å². The normalized spacial score (nSPS) is 21.5. The van der Waals surface area contributed by atoms with E-state index < -0.39 is 16.3 Å². The standard InChI is InChI=1S/C19H24FN3O4/c1-18(2,3)27-17(24)22-11-13(21-19(12-22)9-10-19)7-8-14-15(20)5-4-6-16(14)23(25)26/h4-8,13,21H,9-12H2,1-3H3/b8-7+. The van der Waals surface area contributed by atoms with Crippen LogP contribution in [0.2, 0.25) is 0 Å². The number of amides is 1. The van der Waals surface area contributed by atoms with Gasteiger partial charge in [-0.05, 0) is 45.8 Å². The molecule has 1 aliphatic carbocycles. The molecule has 1 aromatic carbocycles. The van der Waals surface area contributed by atoms with Crippen molar-refractivity contribution in [2.45, 2.75) is 50.8 Å². The van der Waals surface area contributed by atoms with Crippen LogP contribution >= 0.6 is 0 Å². The van der Waals surface area contributed by atoms with E-state index in [1.54, 1.807) is 11.0 Å². The fraction of sp³-hybridized carbons (Fsp3) is 0.526. The van der Waals surface area contributed by atoms with E-state index in [9.17, 15) is 19.3 Å². The molecule has 0 radical (unpaired) electrons. The van der Waals surface area contributed by atoms with Crippen LogP contribution in [0.4, 0.5) is 14.9 Å². The number of hydrogen-bond donors (Lipinski definition) is 1. The van der Waals surface area contributed by atoms with Crippen molar-refractivity contribution in [2.75, 3.05) is 13.1 Å². The lowest BCUT2D eigenvalue weighted by Crippen LogP contribution is -2.59. The minimum Gasteiger partial charge on any atom is -0.444 e. The first kappa shape index (κ1) is 19.3. The lowest BCUT2D eigenvalue weighted by Gasteiger charge is -2.39. The Morgan fingerprint density at radius 1 is 1.44 bits per heavy atom. The third-order valence-corrected chi connectivity index (χ3v) is 4.63. The first-order valence-corrected chi connectivity index (χ1v) is 8.95. The number of nitrogens with one attached hydrogen (secondary N) is 1. The molecule has 1 amide bonds. The van der Waals surface area contributed by atoms with Crippen molar-refractivity contribution >= 4 is 17.9 Å². The molecule has 1 unspecified atom stereocenters. The second kappa shape index (κ2) is 6.92. The van der Waals surface area contributed by atoms with Gasteiger partial charge in [0.2, 0.25) is 0 Å². The lowest BCUT2D eigenvalue weighted by atomic mass is 10.1. The molecule has 1 saturated carbocycles. The topological polar surface area (TPSA) is 84.7 Å². The van der Waals surface area contributed by atoms with Gasteiger partial charge in [-0.1, -0.05) is 12.1 Å². The summed E-state index contributed by atoms with van der Waals surface area (Å²) in [5.41, 5.74) is -1.08. The van der Waals surface area contributed by atoms with Gasteiger partial charge in [0.05, 0.1) is 10.5 Å². The summed E-state index contributed by atoms with van der Waals surface area (Å²) >= 11 is 0. The lowest BCUT2D eigenvalue weighted by molar-refractivity contribution is -0.385. The van der Waals surface area contributed by atoms with E-state index in [1.807, 2.05) is 20.8 Å². The first-order valence-electron chi connectivity index (χ1n) is 8.95. The number of ether oxygens (including phenoxy) is 1. The predicted octanol–water partition coefficient (Wildman–Crippen LogP) is 3.49. The van der Waals surface area contributed by atoms with Gasteiger partial charge in [-0.25, -0.2) is 9.18 Å². The zero-order chi connectivity index (χ0) is 19.8. The van der Waals surface area contributed by atoms with Crippen LogP contribution in [0.1, 0.15) is 39.2 Å². The SMILES string of the molecule is CC(C)(C)OC(=O)N1CC(/C=C/c2c(F)cccc2[N+](=O)[O-])NC2(CC2)C1. The molecule has 1 N–H and O–H groups in total. The van der Waals surface area contributed by atoms with Crippen molar-refractivity contribution < 1.29 is 18.8 Å². The van der Waals surface area contributed by atoms with E-state index >= 15 is 0 Å². The van der Waals surface area contributed by atoms with Crippen molar-refractivity contribution in [3.05, 3.63) is 45.8 Å². The molecule has 7 nitrogen and oxygen atoms in total. The number of nitro benzene ring substituents is 1. The highest BCUT2D eigenvalue weighted by molar-refractivity contribution is 5.69. The van der Waals surface area contributed by atoms with Gasteiger partial charge in [0.1, 0.15) is 11.4 Å². The summed E-state index contributed by atoms with van der Waals surface area (Å²) in [6.07, 6.45) is 4.60. The third kappa shape index (κ3) is 4.63. The quantitative estimate of drug-likeness (QED) is 0.644. The van der Waals surface area contributed by atoms with Crippen LogP contribution < -0.4 is 5.32 Å². The van der Waals surface area contributed by atoms with Crippen LogP contribution in [0.5, 0.6) is 0 Å². The summed E-state index contributed by atoms with van der Waals surface area (Å²) in [6, 6.07) is 3.53. The minimum absolute atomic E-state index is 0.0662. The number of carbonyl (C=O) groups excluding carboxylic acids is 1. The molecule has 146 valence electrons. The van der Waals surface area contributed by atoms with E-state index in [0.29, 0.717) is 13.1 Å². The van der Waals surface area contributed by atoms with E-state index in [0.717, 1.165) is 12.8 Å². The summed E-state index contributed by atoms with van der Waals surface area (Å²) < 4.78 is 19.5.